The molecule has 3 aromatic rings. The molecule has 1 aromatic carbocycles. The van der Waals surface area contributed by atoms with Crippen molar-refractivity contribution in [2.75, 3.05) is 7.05 Å². The van der Waals surface area contributed by atoms with Crippen LogP contribution in [0.4, 0.5) is 4.39 Å². The van der Waals surface area contributed by atoms with Gasteiger partial charge < -0.3 is 5.32 Å². The average Bonchev–Trinajstić information content (AvgIpc) is 3.03. The van der Waals surface area contributed by atoms with Crippen molar-refractivity contribution in [2.24, 2.45) is 0 Å². The maximum absolute atomic E-state index is 14.4. The number of benzene rings is 1. The van der Waals surface area contributed by atoms with Gasteiger partial charge in [0.25, 0.3) is 11.5 Å². The first-order valence-corrected chi connectivity index (χ1v) is 7.95. The smallest absolute Gasteiger partial charge is 0.276 e. The van der Waals surface area contributed by atoms with Crippen LogP contribution in [0.5, 0.6) is 0 Å². The van der Waals surface area contributed by atoms with Gasteiger partial charge in [-0.2, -0.15) is 5.26 Å². The summed E-state index contributed by atoms with van der Waals surface area (Å²) in [4.78, 5) is 28.9. The molecule has 0 aliphatic carbocycles. The lowest BCUT2D eigenvalue weighted by Crippen LogP contribution is -2.23. The van der Waals surface area contributed by atoms with Crippen LogP contribution < -0.4 is 10.9 Å². The summed E-state index contributed by atoms with van der Waals surface area (Å²) in [6, 6.07) is 6.03. The molecule has 0 atom stereocenters. The molecule has 8 heteroatoms. The zero-order valence-corrected chi connectivity index (χ0v) is 14.4. The minimum Gasteiger partial charge on any atom is -0.355 e. The number of amides is 1. The van der Waals surface area contributed by atoms with Crippen molar-refractivity contribution >= 4 is 11.6 Å². The van der Waals surface area contributed by atoms with E-state index in [4.69, 9.17) is 0 Å². The van der Waals surface area contributed by atoms with Gasteiger partial charge in [-0.3, -0.25) is 14.7 Å². The highest BCUT2D eigenvalue weighted by Crippen LogP contribution is 2.27. The number of fused-ring (bicyclic) bond motifs is 1. The Morgan fingerprint density at radius 3 is 2.73 bits per heavy atom. The second-order valence-electron chi connectivity index (χ2n) is 6.07. The molecule has 7 nitrogen and oxygen atoms in total. The van der Waals surface area contributed by atoms with Crippen molar-refractivity contribution in [2.45, 2.75) is 19.8 Å². The summed E-state index contributed by atoms with van der Waals surface area (Å²) in [6.45, 7) is 3.66. The number of H-pyrrole nitrogens is 1. The van der Waals surface area contributed by atoms with Crippen molar-refractivity contribution in [3.63, 3.8) is 0 Å². The summed E-state index contributed by atoms with van der Waals surface area (Å²) in [5, 5.41) is 14.3. The topological polar surface area (TPSA) is 103 Å². The van der Waals surface area contributed by atoms with E-state index in [9.17, 15) is 19.2 Å². The fourth-order valence-corrected chi connectivity index (χ4v) is 2.83. The number of rotatable bonds is 3. The van der Waals surface area contributed by atoms with Crippen LogP contribution in [0, 0.1) is 17.1 Å². The van der Waals surface area contributed by atoms with Gasteiger partial charge in [0.2, 0.25) is 0 Å². The lowest BCUT2D eigenvalue weighted by molar-refractivity contribution is 0.0959. The number of hydrogen-bond acceptors (Lipinski definition) is 4. The van der Waals surface area contributed by atoms with Crippen molar-refractivity contribution in [3.8, 4) is 17.3 Å². The van der Waals surface area contributed by atoms with Crippen LogP contribution in [0.2, 0.25) is 0 Å². The van der Waals surface area contributed by atoms with Crippen molar-refractivity contribution in [3.05, 3.63) is 57.3 Å². The van der Waals surface area contributed by atoms with Crippen LogP contribution >= 0.6 is 0 Å². The number of aromatic nitrogens is 3. The molecular formula is C18H16FN5O2. The molecule has 2 N–H and O–H groups in total. The zero-order valence-electron chi connectivity index (χ0n) is 14.4. The van der Waals surface area contributed by atoms with Crippen LogP contribution in [0.3, 0.4) is 0 Å². The molecule has 0 saturated heterocycles. The molecule has 2 aromatic heterocycles. The molecule has 132 valence electrons. The van der Waals surface area contributed by atoms with E-state index >= 15 is 0 Å². The normalized spacial score (nSPS) is 10.9. The molecule has 1 amide bonds. The number of nitriles is 1. The predicted molar refractivity (Wildman–Crippen MR) is 93.4 cm³/mol. The zero-order chi connectivity index (χ0) is 19.0. The van der Waals surface area contributed by atoms with Crippen LogP contribution in [-0.4, -0.2) is 27.6 Å². The van der Waals surface area contributed by atoms with Crippen molar-refractivity contribution in [1.82, 2.24) is 19.9 Å². The number of carbonyl (C=O) groups excluding carboxylic acids is 1. The summed E-state index contributed by atoms with van der Waals surface area (Å²) in [5.74, 6) is -1.44. The predicted octanol–water partition coefficient (Wildman–Crippen LogP) is 2.18. The Morgan fingerprint density at radius 1 is 1.42 bits per heavy atom. The number of hydrogen-bond donors (Lipinski definition) is 2. The first-order valence-electron chi connectivity index (χ1n) is 7.95. The molecule has 0 unspecified atom stereocenters. The molecule has 0 radical (unpaired) electrons. The molecule has 0 aliphatic rings. The van der Waals surface area contributed by atoms with Crippen LogP contribution in [-0.2, 0) is 0 Å². The van der Waals surface area contributed by atoms with Gasteiger partial charge in [0.1, 0.15) is 17.4 Å². The molecule has 3 rings (SSSR count). The molecule has 0 saturated carbocycles. The standard InChI is InChI=1S/C18H16FN5O2/c1-9(2)14-15(10-4-5-12(13(19)6-10)17(25)21-3)23-16-11(7-20)8-22-24(16)18(14)26/h4-6,8-9,22H,1-3H3,(H,21,25). The third-order valence-corrected chi connectivity index (χ3v) is 4.11. The Morgan fingerprint density at radius 2 is 2.15 bits per heavy atom. The molecule has 0 aliphatic heterocycles. The van der Waals surface area contributed by atoms with Crippen LogP contribution in [0.15, 0.2) is 29.2 Å². The summed E-state index contributed by atoms with van der Waals surface area (Å²) in [6.07, 6.45) is 1.40. The third kappa shape index (κ3) is 2.63. The van der Waals surface area contributed by atoms with Gasteiger partial charge in [-0.1, -0.05) is 19.9 Å². The molecular weight excluding hydrogens is 337 g/mol. The minimum atomic E-state index is -0.715. The van der Waals surface area contributed by atoms with Gasteiger partial charge >= 0.3 is 0 Å². The van der Waals surface area contributed by atoms with E-state index in [-0.39, 0.29) is 28.3 Å². The van der Waals surface area contributed by atoms with Crippen molar-refractivity contribution in [1.29, 1.82) is 5.26 Å². The van der Waals surface area contributed by atoms with Crippen LogP contribution in [0.25, 0.3) is 16.9 Å². The van der Waals surface area contributed by atoms with Gasteiger partial charge in [0.05, 0.1) is 11.3 Å². The maximum atomic E-state index is 14.4. The van der Waals surface area contributed by atoms with E-state index in [1.165, 1.54) is 36.0 Å². The van der Waals surface area contributed by atoms with Gasteiger partial charge in [-0.15, -0.1) is 0 Å². The SMILES string of the molecule is CNC(=O)c1ccc(-c2nc3c(C#N)c[nH]n3c(=O)c2C(C)C)cc1F. The summed E-state index contributed by atoms with van der Waals surface area (Å²) < 4.78 is 15.6. The first-order chi connectivity index (χ1) is 12.4. The number of carbonyl (C=O) groups is 1. The van der Waals surface area contributed by atoms with Crippen molar-refractivity contribution < 1.29 is 9.18 Å². The number of aromatic amines is 1. The maximum Gasteiger partial charge on any atom is 0.276 e. The quantitative estimate of drug-likeness (QED) is 0.753. The van der Waals surface area contributed by atoms with E-state index in [0.717, 1.165) is 0 Å². The number of halogens is 1. The van der Waals surface area contributed by atoms with Gasteiger partial charge in [0, 0.05) is 24.4 Å². The Balaban J connectivity index is 2.32. The molecule has 0 spiro atoms. The van der Waals surface area contributed by atoms with Gasteiger partial charge in [-0.05, 0) is 18.1 Å². The number of nitrogens with one attached hydrogen (secondary N) is 2. The summed E-state index contributed by atoms with van der Waals surface area (Å²) in [5.41, 5.74) is 0.985. The first kappa shape index (κ1) is 17.4. The fraction of sp³-hybridized carbons (Fsp3) is 0.222. The van der Waals surface area contributed by atoms with Crippen LogP contribution in [0.1, 0.15) is 41.3 Å². The molecule has 2 heterocycles. The fourth-order valence-electron chi connectivity index (χ4n) is 2.83. The Kier molecular flexibility index (Phi) is 4.30. The van der Waals surface area contributed by atoms with E-state index in [1.54, 1.807) is 0 Å². The minimum absolute atomic E-state index is 0.0977. The van der Waals surface area contributed by atoms with E-state index in [1.807, 2.05) is 19.9 Å². The summed E-state index contributed by atoms with van der Waals surface area (Å²) >= 11 is 0. The Labute approximate surface area is 148 Å². The Bertz CT molecular complexity index is 1120. The third-order valence-electron chi connectivity index (χ3n) is 4.11. The second kappa shape index (κ2) is 6.44. The van der Waals surface area contributed by atoms with E-state index in [0.29, 0.717) is 16.8 Å². The Hall–Kier alpha value is -3.47. The lowest BCUT2D eigenvalue weighted by Gasteiger charge is -2.13. The lowest BCUT2D eigenvalue weighted by atomic mass is 9.97. The average molecular weight is 353 g/mol. The highest BCUT2D eigenvalue weighted by atomic mass is 19.1. The van der Waals surface area contributed by atoms with Gasteiger partial charge in [-0.25, -0.2) is 13.9 Å². The second-order valence-corrected chi connectivity index (χ2v) is 6.07. The number of nitrogens with zero attached hydrogens (tertiary/aromatic N) is 3. The molecule has 0 bridgehead atoms. The highest BCUT2D eigenvalue weighted by molar-refractivity contribution is 5.94. The summed E-state index contributed by atoms with van der Waals surface area (Å²) in [7, 11) is 1.41. The largest absolute Gasteiger partial charge is 0.355 e. The van der Waals surface area contributed by atoms with E-state index < -0.39 is 11.7 Å². The molecule has 0 fully saturated rings. The van der Waals surface area contributed by atoms with E-state index in [2.05, 4.69) is 15.4 Å². The molecule has 26 heavy (non-hydrogen) atoms. The highest BCUT2D eigenvalue weighted by Gasteiger charge is 2.21. The van der Waals surface area contributed by atoms with Gasteiger partial charge in [0.15, 0.2) is 5.65 Å². The monoisotopic (exact) mass is 353 g/mol.